The summed E-state index contributed by atoms with van der Waals surface area (Å²) in [5.41, 5.74) is 8.72. The van der Waals surface area contributed by atoms with Crippen molar-refractivity contribution in [2.24, 2.45) is 11.5 Å². The molecule has 1 atom stereocenters. The van der Waals surface area contributed by atoms with Crippen LogP contribution in [0.3, 0.4) is 0 Å². The molecular weight excluding hydrogens is 320 g/mol. The molecule has 0 radical (unpaired) electrons. The molecule has 9 heteroatoms. The number of Topliss-reactive ketones (excluding diaryl/α,β-unsaturated/α-hetero) is 1. The van der Waals surface area contributed by atoms with Crippen LogP contribution in [0.5, 0.6) is 0 Å². The van der Waals surface area contributed by atoms with Crippen LogP contribution in [0.2, 0.25) is 0 Å². The van der Waals surface area contributed by atoms with E-state index in [4.69, 9.17) is 11.5 Å². The fraction of sp³-hybridized carbons (Fsp3) is 0.643. The van der Waals surface area contributed by atoms with Gasteiger partial charge in [-0.25, -0.2) is 13.4 Å². The number of carbonyl (C=O) groups excluding carboxylic acids is 2. The first-order valence-electron chi connectivity index (χ1n) is 7.52. The zero-order valence-electron chi connectivity index (χ0n) is 13.4. The smallest absolute Gasteiger partial charge is 0.246 e. The standard InChI is InChI=1S/C14H24N4O4S/c1-3-5-10(6-4-2)23(21,22)8-14(16,13(15)20)12(19)11-7-17-9-18-11/h7,9-10H,3-6,8,16H2,1-2H3,(H2,15,20)(H,17,18). The van der Waals surface area contributed by atoms with E-state index in [1.807, 2.05) is 13.8 Å². The largest absolute Gasteiger partial charge is 0.368 e. The van der Waals surface area contributed by atoms with Crippen molar-refractivity contribution in [1.82, 2.24) is 9.97 Å². The van der Waals surface area contributed by atoms with Crippen LogP contribution in [-0.2, 0) is 14.6 Å². The van der Waals surface area contributed by atoms with Crippen molar-refractivity contribution >= 4 is 21.5 Å². The van der Waals surface area contributed by atoms with Gasteiger partial charge in [0, 0.05) is 0 Å². The summed E-state index contributed by atoms with van der Waals surface area (Å²) in [5.74, 6) is -2.86. The van der Waals surface area contributed by atoms with Crippen molar-refractivity contribution in [2.45, 2.75) is 50.3 Å². The van der Waals surface area contributed by atoms with E-state index in [2.05, 4.69) is 9.97 Å². The molecule has 0 spiro atoms. The number of amides is 1. The summed E-state index contributed by atoms with van der Waals surface area (Å²) >= 11 is 0. The highest BCUT2D eigenvalue weighted by Gasteiger charge is 2.46. The Hall–Kier alpha value is -1.74. The highest BCUT2D eigenvalue weighted by Crippen LogP contribution is 2.21. The van der Waals surface area contributed by atoms with Crippen LogP contribution in [-0.4, -0.2) is 46.6 Å². The Morgan fingerprint density at radius 2 is 1.87 bits per heavy atom. The lowest BCUT2D eigenvalue weighted by atomic mass is 9.95. The minimum Gasteiger partial charge on any atom is -0.368 e. The molecule has 1 heterocycles. The van der Waals surface area contributed by atoms with E-state index in [0.29, 0.717) is 25.7 Å². The minimum absolute atomic E-state index is 0.0518. The second-order valence-corrected chi connectivity index (χ2v) is 7.92. The van der Waals surface area contributed by atoms with Crippen LogP contribution < -0.4 is 11.5 Å². The van der Waals surface area contributed by atoms with Gasteiger partial charge in [0.25, 0.3) is 0 Å². The second-order valence-electron chi connectivity index (χ2n) is 5.64. The number of nitrogens with zero attached hydrogens (tertiary/aromatic N) is 1. The summed E-state index contributed by atoms with van der Waals surface area (Å²) in [5, 5.41) is -0.644. The van der Waals surface area contributed by atoms with Crippen molar-refractivity contribution < 1.29 is 18.0 Å². The first-order chi connectivity index (χ1) is 10.7. The molecule has 0 aliphatic heterocycles. The van der Waals surface area contributed by atoms with E-state index in [0.717, 1.165) is 0 Å². The highest BCUT2D eigenvalue weighted by molar-refractivity contribution is 7.92. The van der Waals surface area contributed by atoms with Crippen molar-refractivity contribution in [3.8, 4) is 0 Å². The van der Waals surface area contributed by atoms with Crippen molar-refractivity contribution in [3.63, 3.8) is 0 Å². The Bertz CT molecular complexity index is 636. The number of rotatable bonds is 10. The average molecular weight is 344 g/mol. The lowest BCUT2D eigenvalue weighted by molar-refractivity contribution is -0.120. The number of H-pyrrole nitrogens is 1. The van der Waals surface area contributed by atoms with Crippen molar-refractivity contribution in [1.29, 1.82) is 0 Å². The number of hydrogen-bond acceptors (Lipinski definition) is 6. The van der Waals surface area contributed by atoms with Crippen molar-refractivity contribution in [3.05, 3.63) is 18.2 Å². The van der Waals surface area contributed by atoms with E-state index >= 15 is 0 Å². The molecule has 0 saturated heterocycles. The molecule has 0 aromatic carbocycles. The lowest BCUT2D eigenvalue weighted by Gasteiger charge is -2.26. The Morgan fingerprint density at radius 3 is 2.26 bits per heavy atom. The van der Waals surface area contributed by atoms with Crippen LogP contribution in [0.4, 0.5) is 0 Å². The van der Waals surface area contributed by atoms with E-state index < -0.39 is 38.1 Å². The topological polar surface area (TPSA) is 149 Å². The van der Waals surface area contributed by atoms with Gasteiger partial charge in [0.15, 0.2) is 15.4 Å². The number of nitrogens with one attached hydrogen (secondary N) is 1. The SMILES string of the molecule is CCCC(CCC)S(=O)(=O)CC(N)(C(N)=O)C(=O)c1cnc[nH]1. The molecule has 1 aromatic rings. The molecule has 0 aliphatic rings. The van der Waals surface area contributed by atoms with Crippen LogP contribution >= 0.6 is 0 Å². The molecule has 1 unspecified atom stereocenters. The summed E-state index contributed by atoms with van der Waals surface area (Å²) in [6.45, 7) is 3.75. The lowest BCUT2D eigenvalue weighted by Crippen LogP contribution is -2.63. The number of aromatic nitrogens is 2. The van der Waals surface area contributed by atoms with Crippen LogP contribution in [0.25, 0.3) is 0 Å². The Morgan fingerprint density at radius 1 is 1.30 bits per heavy atom. The van der Waals surface area contributed by atoms with Crippen molar-refractivity contribution in [2.75, 3.05) is 5.75 Å². The fourth-order valence-electron chi connectivity index (χ4n) is 2.45. The number of aromatic amines is 1. The van der Waals surface area contributed by atoms with Gasteiger partial charge in [-0.3, -0.25) is 9.59 Å². The quantitative estimate of drug-likeness (QED) is 0.406. The predicted molar refractivity (Wildman–Crippen MR) is 86.4 cm³/mol. The zero-order valence-corrected chi connectivity index (χ0v) is 14.2. The van der Waals surface area contributed by atoms with Gasteiger partial charge in [0.2, 0.25) is 11.7 Å². The monoisotopic (exact) mass is 344 g/mol. The highest BCUT2D eigenvalue weighted by atomic mass is 32.2. The number of nitrogens with two attached hydrogens (primary N) is 2. The van der Waals surface area contributed by atoms with E-state index in [1.54, 1.807) is 0 Å². The second kappa shape index (κ2) is 7.69. The van der Waals surface area contributed by atoms with E-state index in [-0.39, 0.29) is 5.69 Å². The Kier molecular flexibility index (Phi) is 6.46. The first kappa shape index (κ1) is 19.3. The maximum atomic E-state index is 12.6. The molecule has 1 rings (SSSR count). The Balaban J connectivity index is 3.16. The first-order valence-corrected chi connectivity index (χ1v) is 9.24. The third kappa shape index (κ3) is 4.38. The van der Waals surface area contributed by atoms with Gasteiger partial charge in [-0.2, -0.15) is 0 Å². The zero-order chi connectivity index (χ0) is 17.7. The molecule has 5 N–H and O–H groups in total. The normalized spacial score (nSPS) is 14.6. The van der Waals surface area contributed by atoms with E-state index in [1.165, 1.54) is 12.5 Å². The van der Waals surface area contributed by atoms with Gasteiger partial charge < -0.3 is 16.5 Å². The molecular formula is C14H24N4O4S. The minimum atomic E-state index is -3.77. The van der Waals surface area contributed by atoms with E-state index in [9.17, 15) is 18.0 Å². The van der Waals surface area contributed by atoms with Gasteiger partial charge in [-0.05, 0) is 12.8 Å². The number of primary amides is 1. The maximum Gasteiger partial charge on any atom is 0.246 e. The molecule has 1 aromatic heterocycles. The number of carbonyl (C=O) groups is 2. The maximum absolute atomic E-state index is 12.6. The van der Waals surface area contributed by atoms with Gasteiger partial charge in [-0.15, -0.1) is 0 Å². The average Bonchev–Trinajstić information content (AvgIpc) is 2.99. The van der Waals surface area contributed by atoms with Gasteiger partial charge in [0.05, 0.1) is 23.5 Å². The van der Waals surface area contributed by atoms with Crippen LogP contribution in [0, 0.1) is 0 Å². The molecule has 0 aliphatic carbocycles. The summed E-state index contributed by atoms with van der Waals surface area (Å²) < 4.78 is 25.3. The molecule has 23 heavy (non-hydrogen) atoms. The number of hydrogen-bond donors (Lipinski definition) is 3. The van der Waals surface area contributed by atoms with Crippen LogP contribution in [0.1, 0.15) is 50.0 Å². The fourth-order valence-corrected chi connectivity index (χ4v) is 4.78. The third-order valence-electron chi connectivity index (χ3n) is 3.75. The summed E-state index contributed by atoms with van der Waals surface area (Å²) in [4.78, 5) is 30.4. The van der Waals surface area contributed by atoms with Gasteiger partial charge in [0.1, 0.15) is 5.69 Å². The van der Waals surface area contributed by atoms with Gasteiger partial charge >= 0.3 is 0 Å². The summed E-state index contributed by atoms with van der Waals surface area (Å²) in [6, 6.07) is 0. The molecule has 130 valence electrons. The van der Waals surface area contributed by atoms with Gasteiger partial charge in [-0.1, -0.05) is 26.7 Å². The third-order valence-corrected chi connectivity index (χ3v) is 6.09. The molecule has 0 saturated carbocycles. The summed E-state index contributed by atoms with van der Waals surface area (Å²) in [6.07, 6.45) is 4.65. The molecule has 0 fully saturated rings. The molecule has 0 bridgehead atoms. The Labute approximate surface area is 136 Å². The summed E-state index contributed by atoms with van der Waals surface area (Å²) in [7, 11) is -3.77. The number of imidazole rings is 1. The predicted octanol–water partition coefficient (Wildman–Crippen LogP) is 0.159. The number of sulfone groups is 1. The molecule has 1 amide bonds. The van der Waals surface area contributed by atoms with Crippen LogP contribution in [0.15, 0.2) is 12.5 Å². The molecule has 8 nitrogen and oxygen atoms in total. The number of ketones is 1.